The summed E-state index contributed by atoms with van der Waals surface area (Å²) in [7, 11) is 1.43. The molecule has 1 amide bonds. The minimum Gasteiger partial charge on any atom is -0.496 e. The number of halogens is 1. The largest absolute Gasteiger partial charge is 0.496 e. The number of ether oxygens (including phenoxy) is 1. The van der Waals surface area contributed by atoms with Gasteiger partial charge in [0.1, 0.15) is 23.9 Å². The van der Waals surface area contributed by atoms with Gasteiger partial charge in [-0.3, -0.25) is 4.98 Å². The van der Waals surface area contributed by atoms with E-state index in [1.807, 2.05) is 0 Å². The standard InChI is InChI=1S/C17H14FN3O4/c1-24-14-8-10(18)2-3-12(14)11-4-5-19-9-13(11)15(21-17(22)23)16-20-6-7-25-16/h2-9,15,21H,1H3,(H,22,23). The number of methoxy groups -OCH3 is 1. The molecule has 3 aromatic rings. The molecule has 128 valence electrons. The van der Waals surface area contributed by atoms with Gasteiger partial charge in [-0.15, -0.1) is 0 Å². The third-order valence-corrected chi connectivity index (χ3v) is 3.58. The van der Waals surface area contributed by atoms with E-state index in [0.29, 0.717) is 22.4 Å². The van der Waals surface area contributed by atoms with Crippen LogP contribution in [0.4, 0.5) is 9.18 Å². The van der Waals surface area contributed by atoms with E-state index in [9.17, 15) is 9.18 Å². The van der Waals surface area contributed by atoms with Crippen molar-refractivity contribution in [2.75, 3.05) is 7.11 Å². The van der Waals surface area contributed by atoms with Gasteiger partial charge in [-0.05, 0) is 23.8 Å². The molecule has 0 fully saturated rings. The maximum atomic E-state index is 13.5. The summed E-state index contributed by atoms with van der Waals surface area (Å²) in [5, 5.41) is 11.5. The Balaban J connectivity index is 2.16. The monoisotopic (exact) mass is 343 g/mol. The van der Waals surface area contributed by atoms with E-state index in [-0.39, 0.29) is 5.89 Å². The number of rotatable bonds is 5. The van der Waals surface area contributed by atoms with Gasteiger partial charge in [0.25, 0.3) is 0 Å². The van der Waals surface area contributed by atoms with Crippen molar-refractivity contribution in [2.24, 2.45) is 0 Å². The van der Waals surface area contributed by atoms with Crippen LogP contribution >= 0.6 is 0 Å². The summed E-state index contributed by atoms with van der Waals surface area (Å²) in [5.74, 6) is 0.0378. The number of carboxylic acid groups (broad SMARTS) is 1. The highest BCUT2D eigenvalue weighted by molar-refractivity contribution is 5.75. The number of oxazole rings is 1. The van der Waals surface area contributed by atoms with Crippen LogP contribution in [-0.2, 0) is 0 Å². The van der Waals surface area contributed by atoms with Crippen LogP contribution in [0.1, 0.15) is 17.5 Å². The van der Waals surface area contributed by atoms with Crippen molar-refractivity contribution in [2.45, 2.75) is 6.04 Å². The first-order valence-corrected chi connectivity index (χ1v) is 7.27. The van der Waals surface area contributed by atoms with Crippen LogP contribution in [0, 0.1) is 5.82 Å². The summed E-state index contributed by atoms with van der Waals surface area (Å²) in [6.45, 7) is 0. The fourth-order valence-electron chi connectivity index (χ4n) is 2.54. The zero-order valence-electron chi connectivity index (χ0n) is 13.1. The molecule has 0 spiro atoms. The SMILES string of the molecule is COc1cc(F)ccc1-c1ccncc1C(NC(=O)O)c1ncco1. The predicted molar refractivity (Wildman–Crippen MR) is 85.7 cm³/mol. The van der Waals surface area contributed by atoms with Gasteiger partial charge in [0.15, 0.2) is 0 Å². The van der Waals surface area contributed by atoms with Crippen molar-refractivity contribution < 1.29 is 23.4 Å². The smallest absolute Gasteiger partial charge is 0.405 e. The Morgan fingerprint density at radius 1 is 1.32 bits per heavy atom. The molecule has 25 heavy (non-hydrogen) atoms. The first kappa shape index (κ1) is 16.4. The Labute approximate surface area is 142 Å². The molecule has 0 aliphatic carbocycles. The summed E-state index contributed by atoms with van der Waals surface area (Å²) in [4.78, 5) is 19.3. The molecule has 1 aromatic carbocycles. The summed E-state index contributed by atoms with van der Waals surface area (Å²) in [6, 6.07) is 4.91. The van der Waals surface area contributed by atoms with Crippen LogP contribution in [-0.4, -0.2) is 28.3 Å². The van der Waals surface area contributed by atoms with Crippen LogP contribution in [0.25, 0.3) is 11.1 Å². The third-order valence-electron chi connectivity index (χ3n) is 3.58. The number of nitrogens with zero attached hydrogens (tertiary/aromatic N) is 2. The van der Waals surface area contributed by atoms with Crippen molar-refractivity contribution in [1.82, 2.24) is 15.3 Å². The second kappa shape index (κ2) is 7.00. The fourth-order valence-corrected chi connectivity index (χ4v) is 2.54. The number of nitrogens with one attached hydrogen (secondary N) is 1. The number of aromatic nitrogens is 2. The highest BCUT2D eigenvalue weighted by Gasteiger charge is 2.25. The van der Waals surface area contributed by atoms with Crippen LogP contribution in [0.15, 0.2) is 53.5 Å². The summed E-state index contributed by atoms with van der Waals surface area (Å²) in [5.41, 5.74) is 1.70. The van der Waals surface area contributed by atoms with Gasteiger partial charge in [-0.1, -0.05) is 0 Å². The molecule has 7 nitrogen and oxygen atoms in total. The minimum absolute atomic E-state index is 0.165. The minimum atomic E-state index is -1.25. The topological polar surface area (TPSA) is 97.5 Å². The van der Waals surface area contributed by atoms with Gasteiger partial charge in [0, 0.05) is 29.6 Å². The number of amides is 1. The van der Waals surface area contributed by atoms with Crippen molar-refractivity contribution in [1.29, 1.82) is 0 Å². The molecule has 2 N–H and O–H groups in total. The molecule has 1 atom stereocenters. The van der Waals surface area contributed by atoms with Crippen molar-refractivity contribution >= 4 is 6.09 Å². The number of hydrogen-bond acceptors (Lipinski definition) is 5. The molecule has 0 saturated heterocycles. The lowest BCUT2D eigenvalue weighted by Crippen LogP contribution is -2.28. The lowest BCUT2D eigenvalue weighted by atomic mass is 9.96. The van der Waals surface area contributed by atoms with Crippen LogP contribution < -0.4 is 10.1 Å². The normalized spacial score (nSPS) is 11.8. The first-order chi connectivity index (χ1) is 12.1. The zero-order chi connectivity index (χ0) is 17.8. The van der Waals surface area contributed by atoms with E-state index in [4.69, 9.17) is 14.3 Å². The highest BCUT2D eigenvalue weighted by atomic mass is 19.1. The Morgan fingerprint density at radius 3 is 2.84 bits per heavy atom. The van der Waals surface area contributed by atoms with Gasteiger partial charge in [0.05, 0.1) is 13.3 Å². The maximum absolute atomic E-state index is 13.5. The van der Waals surface area contributed by atoms with E-state index >= 15 is 0 Å². The summed E-state index contributed by atoms with van der Waals surface area (Å²) in [6.07, 6.45) is 4.57. The molecular formula is C17H14FN3O4. The van der Waals surface area contributed by atoms with Gasteiger partial charge in [0.2, 0.25) is 5.89 Å². The number of pyridine rings is 1. The highest BCUT2D eigenvalue weighted by Crippen LogP contribution is 2.36. The molecule has 1 unspecified atom stereocenters. The Kier molecular flexibility index (Phi) is 4.60. The Morgan fingerprint density at radius 2 is 2.16 bits per heavy atom. The second-order valence-electron chi connectivity index (χ2n) is 5.06. The third kappa shape index (κ3) is 3.42. The average molecular weight is 343 g/mol. The van der Waals surface area contributed by atoms with Gasteiger partial charge in [-0.2, -0.15) is 0 Å². The molecular weight excluding hydrogens is 329 g/mol. The summed E-state index contributed by atoms with van der Waals surface area (Å²) >= 11 is 0. The van der Waals surface area contributed by atoms with E-state index in [0.717, 1.165) is 0 Å². The molecule has 0 aliphatic rings. The molecule has 0 bridgehead atoms. The number of carbonyl (C=O) groups is 1. The lowest BCUT2D eigenvalue weighted by Gasteiger charge is -2.18. The Hall–Kier alpha value is -3.42. The average Bonchev–Trinajstić information content (AvgIpc) is 3.14. The number of hydrogen-bond donors (Lipinski definition) is 2. The van der Waals surface area contributed by atoms with Gasteiger partial charge in [-0.25, -0.2) is 14.2 Å². The second-order valence-corrected chi connectivity index (χ2v) is 5.06. The van der Waals surface area contributed by atoms with Crippen LogP contribution in [0.3, 0.4) is 0 Å². The maximum Gasteiger partial charge on any atom is 0.405 e. The molecule has 3 rings (SSSR count). The molecule has 2 heterocycles. The molecule has 8 heteroatoms. The van der Waals surface area contributed by atoms with Crippen LogP contribution in [0.5, 0.6) is 5.75 Å². The first-order valence-electron chi connectivity index (χ1n) is 7.27. The Bertz CT molecular complexity index is 883. The van der Waals surface area contributed by atoms with E-state index < -0.39 is 18.0 Å². The molecule has 0 radical (unpaired) electrons. The van der Waals surface area contributed by atoms with Crippen molar-refractivity contribution in [3.8, 4) is 16.9 Å². The predicted octanol–water partition coefficient (Wildman–Crippen LogP) is 3.24. The number of benzene rings is 1. The van der Waals surface area contributed by atoms with Crippen LogP contribution in [0.2, 0.25) is 0 Å². The van der Waals surface area contributed by atoms with E-state index in [2.05, 4.69) is 15.3 Å². The van der Waals surface area contributed by atoms with E-state index in [1.165, 1.54) is 37.9 Å². The zero-order valence-corrected chi connectivity index (χ0v) is 13.1. The summed E-state index contributed by atoms with van der Waals surface area (Å²) < 4.78 is 24.0. The van der Waals surface area contributed by atoms with Gasteiger partial charge < -0.3 is 19.6 Å². The molecule has 2 aromatic heterocycles. The molecule has 0 saturated carbocycles. The van der Waals surface area contributed by atoms with Crippen molar-refractivity contribution in [3.63, 3.8) is 0 Å². The quantitative estimate of drug-likeness (QED) is 0.738. The lowest BCUT2D eigenvalue weighted by molar-refractivity contribution is 0.190. The molecule has 0 aliphatic heterocycles. The fraction of sp³-hybridized carbons (Fsp3) is 0.118. The van der Waals surface area contributed by atoms with Gasteiger partial charge >= 0.3 is 6.09 Å². The van der Waals surface area contributed by atoms with E-state index in [1.54, 1.807) is 18.3 Å². The van der Waals surface area contributed by atoms with Crippen molar-refractivity contribution in [3.05, 3.63) is 66.4 Å².